The predicted octanol–water partition coefficient (Wildman–Crippen LogP) is 5.53. The Bertz CT molecular complexity index is 1230. The van der Waals surface area contributed by atoms with E-state index in [2.05, 4.69) is 62.3 Å². The quantitative estimate of drug-likeness (QED) is 0.346. The number of carbonyl (C=O) groups excluding carboxylic acids is 1. The van der Waals surface area contributed by atoms with Gasteiger partial charge in [0, 0.05) is 40.7 Å². The molecule has 0 spiro atoms. The molecular formula is C26H23BrN2O2. The van der Waals surface area contributed by atoms with E-state index in [1.54, 1.807) is 30.3 Å². The Labute approximate surface area is 190 Å². The number of carbonyl (C=O) groups is 1. The number of phenolic OH excluding ortho intramolecular Hbond substituents is 1. The molecule has 0 fully saturated rings. The molecule has 0 aliphatic rings. The molecule has 0 saturated carbocycles. The van der Waals surface area contributed by atoms with Crippen molar-refractivity contribution >= 4 is 38.8 Å². The van der Waals surface area contributed by atoms with Gasteiger partial charge in [0.15, 0.2) is 0 Å². The first-order valence-electron chi connectivity index (χ1n) is 10.1. The van der Waals surface area contributed by atoms with E-state index in [1.807, 2.05) is 18.2 Å². The normalized spacial score (nSPS) is 11.3. The van der Waals surface area contributed by atoms with Crippen LogP contribution in [-0.4, -0.2) is 22.1 Å². The van der Waals surface area contributed by atoms with Crippen molar-refractivity contribution in [2.75, 3.05) is 6.54 Å². The smallest absolute Gasteiger partial charge is 0.244 e. The summed E-state index contributed by atoms with van der Waals surface area (Å²) >= 11 is 3.54. The number of halogens is 1. The van der Waals surface area contributed by atoms with E-state index in [1.165, 1.54) is 28.1 Å². The molecule has 1 heterocycles. The Hall–Kier alpha value is -3.31. The van der Waals surface area contributed by atoms with Crippen LogP contribution in [0.4, 0.5) is 0 Å². The van der Waals surface area contributed by atoms with E-state index >= 15 is 0 Å². The van der Waals surface area contributed by atoms with Gasteiger partial charge in [-0.25, -0.2) is 0 Å². The van der Waals surface area contributed by atoms with E-state index in [0.29, 0.717) is 6.54 Å². The summed E-state index contributed by atoms with van der Waals surface area (Å²) in [6.45, 7) is 1.35. The van der Waals surface area contributed by atoms with Crippen molar-refractivity contribution in [2.24, 2.45) is 0 Å². The number of nitrogens with zero attached hydrogens (tertiary/aromatic N) is 1. The van der Waals surface area contributed by atoms with E-state index in [4.69, 9.17) is 0 Å². The molecule has 4 aromatic rings. The SMILES string of the molecule is O=C(/C=C/c1ccc(O)cc1)NCCc1cn(Cc2cccc(Br)c2)c2ccccc12. The van der Waals surface area contributed by atoms with Crippen molar-refractivity contribution in [1.82, 2.24) is 9.88 Å². The number of aromatic nitrogens is 1. The fraction of sp³-hybridized carbons (Fsp3) is 0.115. The predicted molar refractivity (Wildman–Crippen MR) is 129 cm³/mol. The number of rotatable bonds is 7. The highest BCUT2D eigenvalue weighted by atomic mass is 79.9. The summed E-state index contributed by atoms with van der Waals surface area (Å²) in [5, 5.41) is 13.5. The van der Waals surface area contributed by atoms with Crippen LogP contribution in [0.3, 0.4) is 0 Å². The van der Waals surface area contributed by atoms with Gasteiger partial charge in [0.05, 0.1) is 0 Å². The zero-order chi connectivity index (χ0) is 21.6. The average Bonchev–Trinajstić information content (AvgIpc) is 3.11. The third kappa shape index (κ3) is 5.44. The molecule has 31 heavy (non-hydrogen) atoms. The number of hydrogen-bond acceptors (Lipinski definition) is 2. The standard InChI is InChI=1S/C26H23BrN2O2/c27-22-5-3-4-20(16-22)17-29-18-21(24-6-1-2-7-25(24)29)14-15-28-26(31)13-10-19-8-11-23(30)12-9-19/h1-13,16,18,30H,14-15,17H2,(H,28,31)/b13-10+. The molecule has 3 aromatic carbocycles. The van der Waals surface area contributed by atoms with Crippen LogP contribution in [0.15, 0.2) is 89.5 Å². The van der Waals surface area contributed by atoms with Crippen LogP contribution < -0.4 is 5.32 Å². The first-order valence-corrected chi connectivity index (χ1v) is 10.9. The number of benzene rings is 3. The molecule has 0 radical (unpaired) electrons. The molecule has 1 aromatic heterocycles. The Kier molecular flexibility index (Phi) is 6.53. The monoisotopic (exact) mass is 474 g/mol. The number of nitrogens with one attached hydrogen (secondary N) is 1. The van der Waals surface area contributed by atoms with Crippen molar-refractivity contribution in [1.29, 1.82) is 0 Å². The van der Waals surface area contributed by atoms with Gasteiger partial charge in [-0.1, -0.05) is 58.4 Å². The lowest BCUT2D eigenvalue weighted by Crippen LogP contribution is -2.23. The molecular weight excluding hydrogens is 452 g/mol. The molecule has 0 unspecified atom stereocenters. The third-order valence-corrected chi connectivity index (χ3v) is 5.62. The topological polar surface area (TPSA) is 54.3 Å². The Morgan fingerprint density at radius 2 is 1.84 bits per heavy atom. The summed E-state index contributed by atoms with van der Waals surface area (Å²) in [6, 6.07) is 23.4. The lowest BCUT2D eigenvalue weighted by atomic mass is 10.1. The molecule has 2 N–H and O–H groups in total. The second-order valence-electron chi connectivity index (χ2n) is 7.40. The summed E-state index contributed by atoms with van der Waals surface area (Å²) in [6.07, 6.45) is 6.19. The summed E-state index contributed by atoms with van der Waals surface area (Å²) < 4.78 is 3.34. The fourth-order valence-corrected chi connectivity index (χ4v) is 4.07. The average molecular weight is 475 g/mol. The second-order valence-corrected chi connectivity index (χ2v) is 8.31. The second kappa shape index (κ2) is 9.67. The zero-order valence-corrected chi connectivity index (χ0v) is 18.5. The number of aromatic hydroxyl groups is 1. The van der Waals surface area contributed by atoms with Crippen molar-refractivity contribution in [3.05, 3.63) is 106 Å². The number of amides is 1. The van der Waals surface area contributed by atoms with Crippen LogP contribution in [0.1, 0.15) is 16.7 Å². The van der Waals surface area contributed by atoms with Gasteiger partial charge in [-0.2, -0.15) is 0 Å². The van der Waals surface area contributed by atoms with Gasteiger partial charge in [0.1, 0.15) is 5.75 Å². The maximum atomic E-state index is 12.2. The minimum absolute atomic E-state index is 0.133. The molecule has 0 aliphatic carbocycles. The van der Waals surface area contributed by atoms with E-state index in [0.717, 1.165) is 23.0 Å². The largest absolute Gasteiger partial charge is 0.508 e. The third-order valence-electron chi connectivity index (χ3n) is 5.13. The summed E-state index contributed by atoms with van der Waals surface area (Å²) in [4.78, 5) is 12.2. The van der Waals surface area contributed by atoms with Gasteiger partial charge >= 0.3 is 0 Å². The minimum atomic E-state index is -0.133. The van der Waals surface area contributed by atoms with Crippen LogP contribution in [0, 0.1) is 0 Å². The van der Waals surface area contributed by atoms with Gasteiger partial charge in [0.25, 0.3) is 0 Å². The maximum absolute atomic E-state index is 12.2. The van der Waals surface area contributed by atoms with Crippen LogP contribution in [0.5, 0.6) is 5.75 Å². The minimum Gasteiger partial charge on any atom is -0.508 e. The highest BCUT2D eigenvalue weighted by Crippen LogP contribution is 2.23. The van der Waals surface area contributed by atoms with Crippen LogP contribution in [0.2, 0.25) is 0 Å². The Morgan fingerprint density at radius 3 is 2.65 bits per heavy atom. The van der Waals surface area contributed by atoms with Gasteiger partial charge in [-0.05, 0) is 59.5 Å². The fourth-order valence-electron chi connectivity index (χ4n) is 3.62. The lowest BCUT2D eigenvalue weighted by Gasteiger charge is -2.06. The van der Waals surface area contributed by atoms with Crippen molar-refractivity contribution in [2.45, 2.75) is 13.0 Å². The lowest BCUT2D eigenvalue weighted by molar-refractivity contribution is -0.116. The summed E-state index contributed by atoms with van der Waals surface area (Å²) in [5.41, 5.74) is 4.50. The van der Waals surface area contributed by atoms with Gasteiger partial charge < -0.3 is 15.0 Å². The maximum Gasteiger partial charge on any atom is 0.244 e. The Balaban J connectivity index is 1.41. The van der Waals surface area contributed by atoms with Crippen LogP contribution in [0.25, 0.3) is 17.0 Å². The first-order chi connectivity index (χ1) is 15.1. The summed E-state index contributed by atoms with van der Waals surface area (Å²) in [7, 11) is 0. The molecule has 156 valence electrons. The highest BCUT2D eigenvalue weighted by Gasteiger charge is 2.09. The van der Waals surface area contributed by atoms with Crippen molar-refractivity contribution in [3.8, 4) is 5.75 Å². The molecule has 4 nitrogen and oxygen atoms in total. The summed E-state index contributed by atoms with van der Waals surface area (Å²) in [5.74, 6) is 0.0756. The molecule has 5 heteroatoms. The first kappa shape index (κ1) is 20.9. The number of hydrogen-bond donors (Lipinski definition) is 2. The van der Waals surface area contributed by atoms with E-state index in [9.17, 15) is 9.90 Å². The Morgan fingerprint density at radius 1 is 1.03 bits per heavy atom. The molecule has 0 atom stereocenters. The van der Waals surface area contributed by atoms with Crippen LogP contribution in [-0.2, 0) is 17.8 Å². The molecule has 0 bridgehead atoms. The molecule has 1 amide bonds. The van der Waals surface area contributed by atoms with Crippen molar-refractivity contribution < 1.29 is 9.90 Å². The van der Waals surface area contributed by atoms with Gasteiger partial charge in [0.2, 0.25) is 5.91 Å². The van der Waals surface area contributed by atoms with Gasteiger partial charge in [-0.3, -0.25) is 4.79 Å². The van der Waals surface area contributed by atoms with Crippen LogP contribution >= 0.6 is 15.9 Å². The van der Waals surface area contributed by atoms with E-state index in [-0.39, 0.29) is 11.7 Å². The van der Waals surface area contributed by atoms with Crippen molar-refractivity contribution in [3.63, 3.8) is 0 Å². The number of fused-ring (bicyclic) bond motifs is 1. The van der Waals surface area contributed by atoms with E-state index < -0.39 is 0 Å². The molecule has 4 rings (SSSR count). The zero-order valence-electron chi connectivity index (χ0n) is 17.0. The van der Waals surface area contributed by atoms with Gasteiger partial charge in [-0.15, -0.1) is 0 Å². The number of para-hydroxylation sites is 1. The molecule has 0 aliphatic heterocycles. The molecule has 0 saturated heterocycles. The highest BCUT2D eigenvalue weighted by molar-refractivity contribution is 9.10. The number of phenols is 1.